The van der Waals surface area contributed by atoms with Crippen molar-refractivity contribution in [2.75, 3.05) is 19.7 Å². The standard InChI is InChI=1S/C16H32N2O/c1-4-8-17-16(12-19)7-5-6-15(10-16)18-11-13(2)9-14(18)3/h13-15,17,19H,4-12H2,1-3H3. The van der Waals surface area contributed by atoms with Gasteiger partial charge in [-0.25, -0.2) is 0 Å². The number of hydrogen-bond acceptors (Lipinski definition) is 3. The van der Waals surface area contributed by atoms with Crippen LogP contribution in [0.1, 0.15) is 59.3 Å². The Hall–Kier alpha value is -0.120. The van der Waals surface area contributed by atoms with Gasteiger partial charge >= 0.3 is 0 Å². The lowest BCUT2D eigenvalue weighted by Gasteiger charge is -2.45. The van der Waals surface area contributed by atoms with Gasteiger partial charge in [-0.15, -0.1) is 0 Å². The summed E-state index contributed by atoms with van der Waals surface area (Å²) in [6.45, 7) is 9.51. The molecule has 2 N–H and O–H groups in total. The normalized spacial score (nSPS) is 40.7. The molecule has 0 spiro atoms. The fourth-order valence-corrected chi connectivity index (χ4v) is 4.21. The summed E-state index contributed by atoms with van der Waals surface area (Å²) in [5.41, 5.74) is -0.00945. The SMILES string of the molecule is CCCNC1(CO)CCCC(N2CC(C)CC2C)C1. The van der Waals surface area contributed by atoms with Crippen molar-refractivity contribution >= 4 is 0 Å². The van der Waals surface area contributed by atoms with Crippen molar-refractivity contribution in [1.82, 2.24) is 10.2 Å². The molecule has 3 nitrogen and oxygen atoms in total. The maximum atomic E-state index is 9.87. The molecule has 1 aliphatic carbocycles. The summed E-state index contributed by atoms with van der Waals surface area (Å²) in [6, 6.07) is 1.39. The molecule has 1 heterocycles. The van der Waals surface area contributed by atoms with E-state index in [1.54, 1.807) is 0 Å². The first-order chi connectivity index (χ1) is 9.10. The highest BCUT2D eigenvalue weighted by molar-refractivity contribution is 4.98. The van der Waals surface area contributed by atoms with Crippen LogP contribution in [0.15, 0.2) is 0 Å². The molecule has 1 saturated carbocycles. The van der Waals surface area contributed by atoms with Crippen molar-refractivity contribution in [1.29, 1.82) is 0 Å². The molecule has 4 atom stereocenters. The molecule has 0 radical (unpaired) electrons. The Kier molecular flexibility index (Phi) is 5.27. The van der Waals surface area contributed by atoms with Gasteiger partial charge in [-0.3, -0.25) is 4.90 Å². The van der Waals surface area contributed by atoms with Gasteiger partial charge in [0.05, 0.1) is 6.61 Å². The van der Waals surface area contributed by atoms with Crippen LogP contribution in [0.2, 0.25) is 0 Å². The van der Waals surface area contributed by atoms with Crippen LogP contribution in [-0.2, 0) is 0 Å². The lowest BCUT2D eigenvalue weighted by Crippen LogP contribution is -2.56. The Morgan fingerprint density at radius 3 is 2.74 bits per heavy atom. The smallest absolute Gasteiger partial charge is 0.0613 e. The summed E-state index contributed by atoms with van der Waals surface area (Å²) < 4.78 is 0. The van der Waals surface area contributed by atoms with E-state index < -0.39 is 0 Å². The minimum absolute atomic E-state index is 0.00945. The highest BCUT2D eigenvalue weighted by Crippen LogP contribution is 2.35. The van der Waals surface area contributed by atoms with Crippen LogP contribution in [0.25, 0.3) is 0 Å². The third-order valence-electron chi connectivity index (χ3n) is 5.17. The molecule has 2 fully saturated rings. The first-order valence-corrected chi connectivity index (χ1v) is 8.22. The highest BCUT2D eigenvalue weighted by Gasteiger charge is 2.40. The Labute approximate surface area is 118 Å². The van der Waals surface area contributed by atoms with Gasteiger partial charge in [-0.05, 0) is 57.9 Å². The second kappa shape index (κ2) is 6.55. The number of nitrogens with zero attached hydrogens (tertiary/aromatic N) is 1. The average Bonchev–Trinajstić information content (AvgIpc) is 2.76. The van der Waals surface area contributed by atoms with Crippen molar-refractivity contribution in [2.24, 2.45) is 5.92 Å². The molecule has 112 valence electrons. The van der Waals surface area contributed by atoms with Crippen molar-refractivity contribution in [2.45, 2.75) is 76.9 Å². The van der Waals surface area contributed by atoms with E-state index in [-0.39, 0.29) is 5.54 Å². The van der Waals surface area contributed by atoms with Gasteiger partial charge in [-0.2, -0.15) is 0 Å². The fraction of sp³-hybridized carbons (Fsp3) is 1.00. The van der Waals surface area contributed by atoms with Gasteiger partial charge in [0.2, 0.25) is 0 Å². The second-order valence-electron chi connectivity index (χ2n) is 7.00. The topological polar surface area (TPSA) is 35.5 Å². The predicted molar refractivity (Wildman–Crippen MR) is 80.3 cm³/mol. The zero-order chi connectivity index (χ0) is 13.9. The monoisotopic (exact) mass is 268 g/mol. The molecule has 0 bridgehead atoms. The maximum Gasteiger partial charge on any atom is 0.0613 e. The zero-order valence-corrected chi connectivity index (χ0v) is 13.0. The molecule has 2 aliphatic rings. The van der Waals surface area contributed by atoms with Gasteiger partial charge in [-0.1, -0.05) is 13.8 Å². The lowest BCUT2D eigenvalue weighted by molar-refractivity contribution is 0.0556. The highest BCUT2D eigenvalue weighted by atomic mass is 16.3. The van der Waals surface area contributed by atoms with E-state index >= 15 is 0 Å². The first kappa shape index (κ1) is 15.3. The Morgan fingerprint density at radius 2 is 2.16 bits per heavy atom. The van der Waals surface area contributed by atoms with Crippen LogP contribution in [0.5, 0.6) is 0 Å². The van der Waals surface area contributed by atoms with Gasteiger partial charge in [0.15, 0.2) is 0 Å². The van der Waals surface area contributed by atoms with Gasteiger partial charge in [0.25, 0.3) is 0 Å². The third kappa shape index (κ3) is 3.50. The summed E-state index contributed by atoms with van der Waals surface area (Å²) in [7, 11) is 0. The average molecular weight is 268 g/mol. The van der Waals surface area contributed by atoms with E-state index in [2.05, 4.69) is 31.0 Å². The predicted octanol–water partition coefficient (Wildman–Crippen LogP) is 2.39. The van der Waals surface area contributed by atoms with Crippen LogP contribution in [0, 0.1) is 5.92 Å². The summed E-state index contributed by atoms with van der Waals surface area (Å²) >= 11 is 0. The summed E-state index contributed by atoms with van der Waals surface area (Å²) in [5, 5.41) is 13.5. The van der Waals surface area contributed by atoms with Crippen molar-refractivity contribution in [3.63, 3.8) is 0 Å². The molecular formula is C16H32N2O. The number of rotatable bonds is 5. The van der Waals surface area contributed by atoms with Crippen LogP contribution in [0.4, 0.5) is 0 Å². The molecule has 1 saturated heterocycles. The van der Waals surface area contributed by atoms with Gasteiger partial charge < -0.3 is 10.4 Å². The number of likely N-dealkylation sites (tertiary alicyclic amines) is 1. The quantitative estimate of drug-likeness (QED) is 0.803. The number of nitrogens with one attached hydrogen (secondary N) is 1. The molecule has 3 heteroatoms. The minimum atomic E-state index is -0.00945. The molecule has 0 aromatic carbocycles. The second-order valence-corrected chi connectivity index (χ2v) is 7.00. The summed E-state index contributed by atoms with van der Waals surface area (Å²) in [6.07, 6.45) is 7.30. The van der Waals surface area contributed by atoms with E-state index in [1.165, 1.54) is 25.8 Å². The van der Waals surface area contributed by atoms with Crippen LogP contribution in [0.3, 0.4) is 0 Å². The Balaban J connectivity index is 1.99. The van der Waals surface area contributed by atoms with E-state index in [1.807, 2.05) is 0 Å². The lowest BCUT2D eigenvalue weighted by atomic mass is 9.78. The molecule has 0 aromatic rings. The third-order valence-corrected chi connectivity index (χ3v) is 5.17. The van der Waals surface area contributed by atoms with Gasteiger partial charge in [0.1, 0.15) is 0 Å². The Bertz CT molecular complexity index is 284. The largest absolute Gasteiger partial charge is 0.394 e. The van der Waals surface area contributed by atoms with Crippen molar-refractivity contribution in [3.8, 4) is 0 Å². The van der Waals surface area contributed by atoms with Crippen LogP contribution >= 0.6 is 0 Å². The summed E-state index contributed by atoms with van der Waals surface area (Å²) in [4.78, 5) is 2.71. The first-order valence-electron chi connectivity index (χ1n) is 8.22. The van der Waals surface area contributed by atoms with E-state index in [4.69, 9.17) is 0 Å². The summed E-state index contributed by atoms with van der Waals surface area (Å²) in [5.74, 6) is 0.837. The zero-order valence-electron chi connectivity index (χ0n) is 13.0. The number of hydrogen-bond donors (Lipinski definition) is 2. The van der Waals surface area contributed by atoms with Crippen molar-refractivity contribution < 1.29 is 5.11 Å². The molecular weight excluding hydrogens is 236 g/mol. The van der Waals surface area contributed by atoms with Crippen LogP contribution < -0.4 is 5.32 Å². The van der Waals surface area contributed by atoms with Crippen molar-refractivity contribution in [3.05, 3.63) is 0 Å². The molecule has 19 heavy (non-hydrogen) atoms. The molecule has 0 amide bonds. The minimum Gasteiger partial charge on any atom is -0.394 e. The van der Waals surface area contributed by atoms with E-state index in [0.717, 1.165) is 37.8 Å². The number of aliphatic hydroxyl groups excluding tert-OH is 1. The molecule has 4 unspecified atom stereocenters. The number of aliphatic hydroxyl groups is 1. The van der Waals surface area contributed by atoms with Gasteiger partial charge in [0, 0.05) is 24.2 Å². The molecule has 1 aliphatic heterocycles. The Morgan fingerprint density at radius 1 is 1.37 bits per heavy atom. The van der Waals surface area contributed by atoms with E-state index in [9.17, 15) is 5.11 Å². The van der Waals surface area contributed by atoms with Crippen LogP contribution in [-0.4, -0.2) is 47.3 Å². The molecule has 2 rings (SSSR count). The molecule has 0 aromatic heterocycles. The van der Waals surface area contributed by atoms with E-state index in [0.29, 0.717) is 12.6 Å². The maximum absolute atomic E-state index is 9.87. The fourth-order valence-electron chi connectivity index (χ4n) is 4.21.